The third kappa shape index (κ3) is 5.45. The van der Waals surface area contributed by atoms with E-state index in [1.807, 2.05) is 31.2 Å². The lowest BCUT2D eigenvalue weighted by Crippen LogP contribution is -2.18. The van der Waals surface area contributed by atoms with Gasteiger partial charge in [-0.1, -0.05) is 33.6 Å². The normalized spacial score (nSPS) is 11.6. The molecule has 0 aliphatic carbocycles. The molecule has 1 heterocycles. The summed E-state index contributed by atoms with van der Waals surface area (Å²) in [5.74, 6) is 1.73. The Labute approximate surface area is 166 Å². The first-order chi connectivity index (χ1) is 12.9. The molecule has 3 rings (SSSR count). The van der Waals surface area contributed by atoms with Gasteiger partial charge >= 0.3 is 0 Å². The van der Waals surface area contributed by atoms with E-state index in [1.54, 1.807) is 24.3 Å². The monoisotopic (exact) mass is 448 g/mol. The number of aryl methyl sites for hydroxylation is 1. The molecule has 1 aromatic heterocycles. The minimum absolute atomic E-state index is 0.147. The Balaban J connectivity index is 1.56. The third-order valence-corrected chi connectivity index (χ3v) is 5.34. The summed E-state index contributed by atoms with van der Waals surface area (Å²) in [6.45, 7) is 2.14. The smallest absolute Gasteiger partial charge is 0.276 e. The van der Waals surface area contributed by atoms with Crippen LogP contribution in [0.4, 0.5) is 0 Å². The van der Waals surface area contributed by atoms with E-state index in [4.69, 9.17) is 9.15 Å². The van der Waals surface area contributed by atoms with Crippen molar-refractivity contribution in [3.8, 4) is 5.75 Å². The fraction of sp³-hybridized carbons (Fsp3) is 0.105. The summed E-state index contributed by atoms with van der Waals surface area (Å²) < 4.78 is 36.4. The highest BCUT2D eigenvalue weighted by atomic mass is 79.9. The van der Waals surface area contributed by atoms with E-state index in [2.05, 4.69) is 25.9 Å². The number of ether oxygens (including phenoxy) is 1. The highest BCUT2D eigenvalue weighted by molar-refractivity contribution is 9.10. The van der Waals surface area contributed by atoms with E-state index in [-0.39, 0.29) is 11.5 Å². The lowest BCUT2D eigenvalue weighted by atomic mass is 10.2. The summed E-state index contributed by atoms with van der Waals surface area (Å²) >= 11 is 3.36. The number of rotatable bonds is 7. The molecule has 0 atom stereocenters. The topological polar surface area (TPSA) is 80.9 Å². The molecule has 6 nitrogen and oxygen atoms in total. The molecule has 0 amide bonds. The van der Waals surface area contributed by atoms with Gasteiger partial charge in [0.2, 0.25) is 0 Å². The molecule has 140 valence electrons. The zero-order chi connectivity index (χ0) is 19.3. The highest BCUT2D eigenvalue weighted by Gasteiger charge is 2.12. The van der Waals surface area contributed by atoms with Crippen molar-refractivity contribution in [2.24, 2.45) is 5.10 Å². The average molecular weight is 449 g/mol. The molecule has 0 fully saturated rings. The number of hydrazone groups is 1. The minimum Gasteiger partial charge on any atom is -0.486 e. The van der Waals surface area contributed by atoms with Crippen LogP contribution in [0, 0.1) is 6.92 Å². The first-order valence-corrected chi connectivity index (χ1v) is 10.3. The number of hydrogen-bond donors (Lipinski definition) is 1. The van der Waals surface area contributed by atoms with Crippen LogP contribution in [0.1, 0.15) is 17.1 Å². The number of hydrogen-bond acceptors (Lipinski definition) is 5. The summed E-state index contributed by atoms with van der Waals surface area (Å²) in [5.41, 5.74) is 0.978. The average Bonchev–Trinajstić information content (AvgIpc) is 3.09. The maximum Gasteiger partial charge on any atom is 0.276 e. The number of sulfonamides is 1. The predicted octanol–water partition coefficient (Wildman–Crippen LogP) is 4.24. The van der Waals surface area contributed by atoms with Crippen LogP contribution in [0.15, 0.2) is 79.6 Å². The van der Waals surface area contributed by atoms with Gasteiger partial charge in [0, 0.05) is 4.47 Å². The summed E-state index contributed by atoms with van der Waals surface area (Å²) in [5, 5.41) is 3.75. The van der Waals surface area contributed by atoms with E-state index in [0.717, 1.165) is 15.8 Å². The Morgan fingerprint density at radius 2 is 1.78 bits per heavy atom. The summed E-state index contributed by atoms with van der Waals surface area (Å²) in [4.78, 5) is 2.31. The van der Waals surface area contributed by atoms with Gasteiger partial charge in [-0.3, -0.25) is 0 Å². The Bertz CT molecular complexity index is 1030. The van der Waals surface area contributed by atoms with Crippen LogP contribution in [0.3, 0.4) is 0 Å². The molecule has 2 aromatic carbocycles. The van der Waals surface area contributed by atoms with E-state index in [0.29, 0.717) is 11.5 Å². The molecule has 0 bridgehead atoms. The van der Waals surface area contributed by atoms with E-state index in [1.165, 1.54) is 18.3 Å². The second-order valence-corrected chi connectivity index (χ2v) is 8.29. The summed E-state index contributed by atoms with van der Waals surface area (Å²) in [7, 11) is -3.71. The Kier molecular flexibility index (Phi) is 5.98. The van der Waals surface area contributed by atoms with Crippen molar-refractivity contribution in [2.75, 3.05) is 0 Å². The Hall–Kier alpha value is -2.58. The summed E-state index contributed by atoms with van der Waals surface area (Å²) in [6.07, 6.45) is 1.30. The van der Waals surface area contributed by atoms with Crippen LogP contribution in [-0.4, -0.2) is 14.6 Å². The molecule has 0 aliphatic heterocycles. The van der Waals surface area contributed by atoms with Crippen molar-refractivity contribution in [3.63, 3.8) is 0 Å². The SMILES string of the molecule is Cc1ccc(S(=O)(=O)N/N=C\c2ccc(COc3ccc(Br)cc3)o2)cc1. The minimum atomic E-state index is -3.71. The standard InChI is InChI=1S/C19H17BrN2O4S/c1-14-2-10-19(11-3-14)27(23,24)22-21-12-17-8-9-18(26-17)13-25-16-6-4-15(20)5-7-16/h2-12,22H,13H2,1H3/b21-12-. The zero-order valence-electron chi connectivity index (χ0n) is 14.4. The first-order valence-electron chi connectivity index (χ1n) is 8.01. The van der Waals surface area contributed by atoms with Gasteiger partial charge in [-0.15, -0.1) is 0 Å². The van der Waals surface area contributed by atoms with Gasteiger partial charge in [0.15, 0.2) is 0 Å². The maximum atomic E-state index is 12.1. The van der Waals surface area contributed by atoms with Crippen molar-refractivity contribution in [2.45, 2.75) is 18.4 Å². The lowest BCUT2D eigenvalue weighted by molar-refractivity contribution is 0.270. The largest absolute Gasteiger partial charge is 0.486 e. The van der Waals surface area contributed by atoms with Gasteiger partial charge in [-0.2, -0.15) is 18.4 Å². The van der Waals surface area contributed by atoms with Crippen molar-refractivity contribution in [1.29, 1.82) is 0 Å². The molecule has 0 radical (unpaired) electrons. The van der Waals surface area contributed by atoms with Gasteiger partial charge in [-0.05, 0) is 55.5 Å². The Morgan fingerprint density at radius 3 is 2.48 bits per heavy atom. The number of benzene rings is 2. The van der Waals surface area contributed by atoms with Gasteiger partial charge in [0.05, 0.1) is 11.1 Å². The molecule has 27 heavy (non-hydrogen) atoms. The van der Waals surface area contributed by atoms with Crippen LogP contribution < -0.4 is 9.57 Å². The molecule has 0 saturated heterocycles. The molecule has 0 unspecified atom stereocenters. The molecule has 0 spiro atoms. The van der Waals surface area contributed by atoms with Crippen molar-refractivity contribution in [1.82, 2.24) is 4.83 Å². The van der Waals surface area contributed by atoms with Crippen LogP contribution in [0.25, 0.3) is 0 Å². The number of furan rings is 1. The van der Waals surface area contributed by atoms with E-state index < -0.39 is 10.0 Å². The van der Waals surface area contributed by atoms with Gasteiger partial charge in [0.1, 0.15) is 23.9 Å². The molecule has 0 aliphatic rings. The predicted molar refractivity (Wildman–Crippen MR) is 106 cm³/mol. The fourth-order valence-electron chi connectivity index (χ4n) is 2.16. The maximum absolute atomic E-state index is 12.1. The van der Waals surface area contributed by atoms with Gasteiger partial charge < -0.3 is 9.15 Å². The second kappa shape index (κ2) is 8.41. The van der Waals surface area contributed by atoms with Crippen molar-refractivity contribution in [3.05, 3.63) is 82.2 Å². The number of nitrogens with zero attached hydrogens (tertiary/aromatic N) is 1. The Morgan fingerprint density at radius 1 is 1.07 bits per heavy atom. The third-order valence-electron chi connectivity index (χ3n) is 3.57. The van der Waals surface area contributed by atoms with Gasteiger partial charge in [0.25, 0.3) is 10.0 Å². The quantitative estimate of drug-likeness (QED) is 0.432. The number of halogens is 1. The number of nitrogens with one attached hydrogen (secondary N) is 1. The van der Waals surface area contributed by atoms with Crippen molar-refractivity contribution >= 4 is 32.2 Å². The lowest BCUT2D eigenvalue weighted by Gasteiger charge is -2.04. The van der Waals surface area contributed by atoms with Crippen LogP contribution in [0.5, 0.6) is 5.75 Å². The summed E-state index contributed by atoms with van der Waals surface area (Å²) in [6, 6.07) is 17.4. The molecule has 3 aromatic rings. The zero-order valence-corrected chi connectivity index (χ0v) is 16.8. The molecular formula is C19H17BrN2O4S. The second-order valence-electron chi connectivity index (χ2n) is 5.71. The van der Waals surface area contributed by atoms with E-state index in [9.17, 15) is 8.42 Å². The fourth-order valence-corrected chi connectivity index (χ4v) is 3.21. The van der Waals surface area contributed by atoms with Crippen LogP contribution in [-0.2, 0) is 16.6 Å². The first kappa shape index (κ1) is 19.2. The highest BCUT2D eigenvalue weighted by Crippen LogP contribution is 2.18. The molecular weight excluding hydrogens is 432 g/mol. The molecule has 0 saturated carbocycles. The van der Waals surface area contributed by atoms with E-state index >= 15 is 0 Å². The van der Waals surface area contributed by atoms with Crippen LogP contribution in [0.2, 0.25) is 0 Å². The van der Waals surface area contributed by atoms with Crippen LogP contribution >= 0.6 is 15.9 Å². The van der Waals surface area contributed by atoms with Crippen molar-refractivity contribution < 1.29 is 17.6 Å². The molecule has 1 N–H and O–H groups in total. The molecule has 8 heteroatoms. The van der Waals surface area contributed by atoms with Gasteiger partial charge in [-0.25, -0.2) is 0 Å².